The van der Waals surface area contributed by atoms with Crippen molar-refractivity contribution in [1.82, 2.24) is 0 Å². The standard InChI is InChI=1S/C21H24OS/c1-15(17-6-8-18(22-4)9-7-17)13-16-5-10-20-19(14-16)21(2,3)11-12-23-20/h5-10,13-14H,11-12H2,1-4H3/b15-13+. The third kappa shape index (κ3) is 3.48. The molecule has 23 heavy (non-hydrogen) atoms. The average Bonchev–Trinajstić information content (AvgIpc) is 2.55. The van der Waals surface area contributed by atoms with Crippen LogP contribution in [0, 0.1) is 0 Å². The van der Waals surface area contributed by atoms with Crippen LogP contribution in [0.15, 0.2) is 47.4 Å². The van der Waals surface area contributed by atoms with Crippen molar-refractivity contribution < 1.29 is 4.74 Å². The first-order valence-corrected chi connectivity index (χ1v) is 9.08. The summed E-state index contributed by atoms with van der Waals surface area (Å²) in [6.45, 7) is 6.88. The van der Waals surface area contributed by atoms with Gasteiger partial charge in [-0.1, -0.05) is 44.2 Å². The third-order valence-corrected chi connectivity index (χ3v) is 5.72. The number of methoxy groups -OCH3 is 1. The molecule has 2 aromatic rings. The molecule has 0 N–H and O–H groups in total. The van der Waals surface area contributed by atoms with Gasteiger partial charge in [-0.2, -0.15) is 0 Å². The molecule has 1 heterocycles. The highest BCUT2D eigenvalue weighted by Crippen LogP contribution is 2.42. The Morgan fingerprint density at radius 3 is 2.57 bits per heavy atom. The fourth-order valence-corrected chi connectivity index (χ4v) is 4.52. The molecule has 0 atom stereocenters. The van der Waals surface area contributed by atoms with Gasteiger partial charge < -0.3 is 4.74 Å². The number of allylic oxidation sites excluding steroid dienone is 1. The predicted molar refractivity (Wildman–Crippen MR) is 101 cm³/mol. The molecule has 0 saturated carbocycles. The van der Waals surface area contributed by atoms with Gasteiger partial charge in [0.15, 0.2) is 0 Å². The fraction of sp³-hybridized carbons (Fsp3) is 0.333. The summed E-state index contributed by atoms with van der Waals surface area (Å²) in [4.78, 5) is 1.44. The number of ether oxygens (including phenoxy) is 1. The summed E-state index contributed by atoms with van der Waals surface area (Å²) in [6.07, 6.45) is 3.52. The Hall–Kier alpha value is -1.67. The minimum atomic E-state index is 0.276. The minimum Gasteiger partial charge on any atom is -0.497 e. The number of fused-ring (bicyclic) bond motifs is 1. The van der Waals surface area contributed by atoms with Crippen molar-refractivity contribution in [3.8, 4) is 5.75 Å². The van der Waals surface area contributed by atoms with Crippen LogP contribution in [0.5, 0.6) is 5.75 Å². The maximum atomic E-state index is 5.23. The van der Waals surface area contributed by atoms with Gasteiger partial charge in [-0.05, 0) is 65.0 Å². The van der Waals surface area contributed by atoms with Crippen LogP contribution >= 0.6 is 11.8 Å². The van der Waals surface area contributed by atoms with E-state index in [1.165, 1.54) is 39.3 Å². The third-order valence-electron chi connectivity index (χ3n) is 4.65. The van der Waals surface area contributed by atoms with E-state index in [9.17, 15) is 0 Å². The molecule has 120 valence electrons. The highest BCUT2D eigenvalue weighted by Gasteiger charge is 2.27. The molecule has 1 aliphatic rings. The van der Waals surface area contributed by atoms with Gasteiger partial charge in [-0.15, -0.1) is 11.8 Å². The molecule has 0 spiro atoms. The van der Waals surface area contributed by atoms with Crippen LogP contribution in [-0.2, 0) is 5.41 Å². The smallest absolute Gasteiger partial charge is 0.118 e. The second-order valence-corrected chi connectivity index (χ2v) is 7.93. The summed E-state index contributed by atoms with van der Waals surface area (Å²) < 4.78 is 5.23. The molecule has 2 heteroatoms. The van der Waals surface area contributed by atoms with Gasteiger partial charge in [-0.25, -0.2) is 0 Å². The van der Waals surface area contributed by atoms with Crippen molar-refractivity contribution in [2.24, 2.45) is 0 Å². The van der Waals surface area contributed by atoms with Crippen LogP contribution in [-0.4, -0.2) is 12.9 Å². The first-order valence-electron chi connectivity index (χ1n) is 8.10. The maximum Gasteiger partial charge on any atom is 0.118 e. The molecular weight excluding hydrogens is 300 g/mol. The van der Waals surface area contributed by atoms with E-state index < -0.39 is 0 Å². The van der Waals surface area contributed by atoms with Crippen molar-refractivity contribution in [1.29, 1.82) is 0 Å². The van der Waals surface area contributed by atoms with Crippen molar-refractivity contribution in [2.45, 2.75) is 37.5 Å². The lowest BCUT2D eigenvalue weighted by atomic mass is 9.81. The Balaban J connectivity index is 1.92. The number of rotatable bonds is 3. The molecule has 0 amide bonds. The summed E-state index contributed by atoms with van der Waals surface area (Å²) in [5.74, 6) is 2.12. The van der Waals surface area contributed by atoms with E-state index >= 15 is 0 Å². The molecule has 0 saturated heterocycles. The molecule has 0 aromatic heterocycles. The Morgan fingerprint density at radius 1 is 1.13 bits per heavy atom. The van der Waals surface area contributed by atoms with Crippen LogP contribution in [0.4, 0.5) is 0 Å². The van der Waals surface area contributed by atoms with Crippen LogP contribution < -0.4 is 4.74 Å². The zero-order valence-corrected chi connectivity index (χ0v) is 15.2. The van der Waals surface area contributed by atoms with E-state index in [0.717, 1.165) is 5.75 Å². The maximum absolute atomic E-state index is 5.23. The second kappa shape index (κ2) is 6.45. The van der Waals surface area contributed by atoms with Gasteiger partial charge in [0, 0.05) is 4.90 Å². The Labute approximate surface area is 143 Å². The number of hydrogen-bond donors (Lipinski definition) is 0. The summed E-state index contributed by atoms with van der Waals surface area (Å²) >= 11 is 1.98. The largest absolute Gasteiger partial charge is 0.497 e. The molecular formula is C21H24OS. The van der Waals surface area contributed by atoms with Gasteiger partial charge in [-0.3, -0.25) is 0 Å². The second-order valence-electron chi connectivity index (χ2n) is 6.79. The lowest BCUT2D eigenvalue weighted by Gasteiger charge is -2.32. The van der Waals surface area contributed by atoms with E-state index in [4.69, 9.17) is 4.74 Å². The van der Waals surface area contributed by atoms with E-state index in [0.29, 0.717) is 0 Å². The molecule has 0 unspecified atom stereocenters. The Morgan fingerprint density at radius 2 is 1.87 bits per heavy atom. The molecule has 1 nitrogen and oxygen atoms in total. The van der Waals surface area contributed by atoms with Gasteiger partial charge >= 0.3 is 0 Å². The van der Waals surface area contributed by atoms with Crippen LogP contribution in [0.1, 0.15) is 43.9 Å². The SMILES string of the molecule is COc1ccc(/C(C)=C/c2ccc3c(c2)C(C)(C)CCS3)cc1. The van der Waals surface area contributed by atoms with E-state index in [-0.39, 0.29) is 5.41 Å². The summed E-state index contributed by atoms with van der Waals surface area (Å²) in [5, 5.41) is 0. The van der Waals surface area contributed by atoms with Crippen molar-refractivity contribution in [3.63, 3.8) is 0 Å². The lowest BCUT2D eigenvalue weighted by molar-refractivity contribution is 0.415. The van der Waals surface area contributed by atoms with Gasteiger partial charge in [0.2, 0.25) is 0 Å². The molecule has 3 rings (SSSR count). The molecule has 0 fully saturated rings. The van der Waals surface area contributed by atoms with Crippen LogP contribution in [0.2, 0.25) is 0 Å². The highest BCUT2D eigenvalue weighted by molar-refractivity contribution is 7.99. The minimum absolute atomic E-state index is 0.276. The van der Waals surface area contributed by atoms with Crippen LogP contribution in [0.25, 0.3) is 11.6 Å². The predicted octanol–water partition coefficient (Wildman–Crippen LogP) is 6.03. The fourth-order valence-electron chi connectivity index (χ4n) is 3.03. The topological polar surface area (TPSA) is 9.23 Å². The number of thioether (sulfide) groups is 1. The molecule has 2 aromatic carbocycles. The van der Waals surface area contributed by atoms with Crippen molar-refractivity contribution in [2.75, 3.05) is 12.9 Å². The highest BCUT2D eigenvalue weighted by atomic mass is 32.2. The zero-order valence-electron chi connectivity index (χ0n) is 14.3. The van der Waals surface area contributed by atoms with Gasteiger partial charge in [0.05, 0.1) is 7.11 Å². The van der Waals surface area contributed by atoms with Gasteiger partial charge in [0.25, 0.3) is 0 Å². The quantitative estimate of drug-likeness (QED) is 0.638. The summed E-state index contributed by atoms with van der Waals surface area (Å²) in [6, 6.07) is 15.1. The van der Waals surface area contributed by atoms with Crippen molar-refractivity contribution >= 4 is 23.4 Å². The molecule has 0 bridgehead atoms. The molecule has 0 aliphatic carbocycles. The monoisotopic (exact) mass is 324 g/mol. The molecule has 0 radical (unpaired) electrons. The summed E-state index contributed by atoms with van der Waals surface area (Å²) in [7, 11) is 1.70. The van der Waals surface area contributed by atoms with E-state index in [2.05, 4.69) is 57.2 Å². The van der Waals surface area contributed by atoms with Crippen molar-refractivity contribution in [3.05, 3.63) is 59.2 Å². The number of hydrogen-bond acceptors (Lipinski definition) is 2. The normalized spacial score (nSPS) is 16.8. The zero-order chi connectivity index (χ0) is 16.4. The first-order chi connectivity index (χ1) is 11.0. The van der Waals surface area contributed by atoms with Gasteiger partial charge in [0.1, 0.15) is 5.75 Å². The van der Waals surface area contributed by atoms with Crippen LogP contribution in [0.3, 0.4) is 0 Å². The van der Waals surface area contributed by atoms with E-state index in [1.54, 1.807) is 7.11 Å². The first kappa shape index (κ1) is 16.2. The molecule has 1 aliphatic heterocycles. The lowest BCUT2D eigenvalue weighted by Crippen LogP contribution is -2.22. The Kier molecular flexibility index (Phi) is 4.54. The average molecular weight is 324 g/mol. The number of benzene rings is 2. The van der Waals surface area contributed by atoms with E-state index in [1.807, 2.05) is 23.9 Å². The summed E-state index contributed by atoms with van der Waals surface area (Å²) in [5.41, 5.74) is 5.56. The Bertz CT molecular complexity index is 726.